The van der Waals surface area contributed by atoms with E-state index in [0.717, 1.165) is 11.3 Å². The van der Waals surface area contributed by atoms with Crippen molar-refractivity contribution in [1.82, 2.24) is 5.32 Å². The molecule has 1 unspecified atom stereocenters. The Labute approximate surface area is 135 Å². The van der Waals surface area contributed by atoms with Gasteiger partial charge in [-0.1, -0.05) is 26.0 Å². The summed E-state index contributed by atoms with van der Waals surface area (Å²) in [6.45, 7) is 5.85. The Morgan fingerprint density at radius 1 is 1.26 bits per heavy atom. The third-order valence-corrected chi connectivity index (χ3v) is 3.30. The zero-order valence-electron chi connectivity index (χ0n) is 13.4. The Kier molecular flexibility index (Phi) is 6.31. The van der Waals surface area contributed by atoms with Crippen molar-refractivity contribution < 1.29 is 14.1 Å². The number of rotatable bonds is 9. The molecule has 23 heavy (non-hydrogen) atoms. The zero-order chi connectivity index (χ0) is 16.7. The zero-order valence-corrected chi connectivity index (χ0v) is 13.4. The topological polar surface area (TPSA) is 77.5 Å². The first kappa shape index (κ1) is 17.2. The van der Waals surface area contributed by atoms with E-state index in [-0.39, 0.29) is 16.7 Å². The van der Waals surface area contributed by atoms with Gasteiger partial charge in [0.05, 0.1) is 23.8 Å². The molecule has 2 aromatic rings. The van der Waals surface area contributed by atoms with E-state index in [2.05, 4.69) is 19.2 Å². The Morgan fingerprint density at radius 3 is 2.74 bits per heavy atom. The molecule has 1 aromatic carbocycles. The molecule has 6 heteroatoms. The highest BCUT2D eigenvalue weighted by molar-refractivity contribution is 5.34. The average molecular weight is 318 g/mol. The first-order chi connectivity index (χ1) is 11.1. The minimum atomic E-state index is -0.390. The summed E-state index contributed by atoms with van der Waals surface area (Å²) in [6.07, 6.45) is 1.62. The Bertz CT molecular complexity index is 611. The Balaban J connectivity index is 1.97. The van der Waals surface area contributed by atoms with Gasteiger partial charge in [0.2, 0.25) is 0 Å². The van der Waals surface area contributed by atoms with Crippen molar-refractivity contribution in [3.05, 3.63) is 64.1 Å². The predicted molar refractivity (Wildman–Crippen MR) is 87.0 cm³/mol. The van der Waals surface area contributed by atoms with E-state index in [1.165, 1.54) is 6.07 Å². The highest BCUT2D eigenvalue weighted by atomic mass is 16.6. The molecule has 1 atom stereocenters. The van der Waals surface area contributed by atoms with E-state index in [0.29, 0.717) is 25.7 Å². The van der Waals surface area contributed by atoms with Crippen LogP contribution in [0.15, 0.2) is 47.1 Å². The molecule has 0 fully saturated rings. The maximum absolute atomic E-state index is 10.8. The summed E-state index contributed by atoms with van der Waals surface area (Å²) in [6, 6.07) is 10.2. The van der Waals surface area contributed by atoms with Crippen LogP contribution in [0.25, 0.3) is 0 Å². The summed E-state index contributed by atoms with van der Waals surface area (Å²) in [5.74, 6) is 1.25. The molecule has 0 aliphatic carbocycles. The number of nitrogens with one attached hydrogen (secondary N) is 1. The fourth-order valence-corrected chi connectivity index (χ4v) is 2.17. The third-order valence-electron chi connectivity index (χ3n) is 3.30. The van der Waals surface area contributed by atoms with Gasteiger partial charge in [-0.15, -0.1) is 0 Å². The Hall–Kier alpha value is -2.18. The molecule has 1 N–H and O–H groups in total. The van der Waals surface area contributed by atoms with Gasteiger partial charge in [-0.2, -0.15) is 0 Å². The van der Waals surface area contributed by atoms with Crippen LogP contribution in [0.2, 0.25) is 0 Å². The number of furan rings is 1. The molecule has 0 amide bonds. The Morgan fingerprint density at radius 2 is 2.09 bits per heavy atom. The van der Waals surface area contributed by atoms with E-state index in [4.69, 9.17) is 9.15 Å². The van der Waals surface area contributed by atoms with E-state index >= 15 is 0 Å². The summed E-state index contributed by atoms with van der Waals surface area (Å²) >= 11 is 0. The van der Waals surface area contributed by atoms with Crippen LogP contribution in [0.3, 0.4) is 0 Å². The van der Waals surface area contributed by atoms with Gasteiger partial charge in [0.1, 0.15) is 5.76 Å². The number of nitro groups is 1. The highest BCUT2D eigenvalue weighted by Crippen LogP contribution is 2.17. The van der Waals surface area contributed by atoms with Crippen LogP contribution in [0, 0.1) is 16.0 Å². The van der Waals surface area contributed by atoms with Gasteiger partial charge in [0, 0.05) is 25.3 Å². The molecule has 0 radical (unpaired) electrons. The minimum absolute atomic E-state index is 0.0925. The van der Waals surface area contributed by atoms with Gasteiger partial charge < -0.3 is 14.5 Å². The van der Waals surface area contributed by atoms with E-state index in [9.17, 15) is 10.1 Å². The summed E-state index contributed by atoms with van der Waals surface area (Å²) in [5.41, 5.74) is 0.939. The number of benzene rings is 1. The first-order valence-corrected chi connectivity index (χ1v) is 7.64. The summed E-state index contributed by atoms with van der Waals surface area (Å²) in [5, 5.41) is 14.2. The number of nitrogens with zero attached hydrogens (tertiary/aromatic N) is 1. The van der Waals surface area contributed by atoms with E-state index in [1.54, 1.807) is 18.4 Å². The van der Waals surface area contributed by atoms with Crippen molar-refractivity contribution in [2.45, 2.75) is 26.4 Å². The quantitative estimate of drug-likeness (QED) is 0.563. The maximum Gasteiger partial charge on any atom is 0.269 e. The SMILES string of the molecule is CC(C)COCC(NCc1cccc([N+](=O)[O-])c1)c1ccco1. The van der Waals surface area contributed by atoms with Gasteiger partial charge in [0.25, 0.3) is 5.69 Å². The smallest absolute Gasteiger partial charge is 0.269 e. The molecule has 124 valence electrons. The lowest BCUT2D eigenvalue weighted by atomic mass is 10.1. The van der Waals surface area contributed by atoms with Crippen molar-refractivity contribution in [1.29, 1.82) is 0 Å². The molecular formula is C17H22N2O4. The van der Waals surface area contributed by atoms with Crippen molar-refractivity contribution >= 4 is 5.69 Å². The molecule has 0 bridgehead atoms. The largest absolute Gasteiger partial charge is 0.468 e. The second-order valence-electron chi connectivity index (χ2n) is 5.81. The molecule has 0 saturated carbocycles. The second-order valence-corrected chi connectivity index (χ2v) is 5.81. The number of hydrogen-bond acceptors (Lipinski definition) is 5. The maximum atomic E-state index is 10.8. The van der Waals surface area contributed by atoms with Gasteiger partial charge in [0.15, 0.2) is 0 Å². The monoisotopic (exact) mass is 318 g/mol. The van der Waals surface area contributed by atoms with Crippen molar-refractivity contribution in [3.8, 4) is 0 Å². The molecule has 0 saturated heterocycles. The van der Waals surface area contributed by atoms with Crippen LogP contribution in [-0.2, 0) is 11.3 Å². The van der Waals surface area contributed by atoms with Crippen LogP contribution in [0.1, 0.15) is 31.2 Å². The highest BCUT2D eigenvalue weighted by Gasteiger charge is 2.15. The van der Waals surface area contributed by atoms with Gasteiger partial charge in [-0.05, 0) is 23.6 Å². The lowest BCUT2D eigenvalue weighted by molar-refractivity contribution is -0.384. The lowest BCUT2D eigenvalue weighted by Gasteiger charge is -2.17. The van der Waals surface area contributed by atoms with Crippen LogP contribution < -0.4 is 5.32 Å². The number of non-ortho nitro benzene ring substituents is 1. The van der Waals surface area contributed by atoms with Crippen molar-refractivity contribution in [2.24, 2.45) is 5.92 Å². The fraction of sp³-hybridized carbons (Fsp3) is 0.412. The summed E-state index contributed by atoms with van der Waals surface area (Å²) in [7, 11) is 0. The van der Waals surface area contributed by atoms with E-state index in [1.807, 2.05) is 18.2 Å². The van der Waals surface area contributed by atoms with E-state index < -0.39 is 0 Å². The van der Waals surface area contributed by atoms with Crippen LogP contribution in [-0.4, -0.2) is 18.1 Å². The van der Waals surface area contributed by atoms with Crippen molar-refractivity contribution in [2.75, 3.05) is 13.2 Å². The molecule has 6 nitrogen and oxygen atoms in total. The molecule has 2 rings (SSSR count). The standard InChI is InChI=1S/C17H22N2O4/c1-13(2)11-22-12-16(17-7-4-8-23-17)18-10-14-5-3-6-15(9-14)19(20)21/h3-9,13,16,18H,10-12H2,1-2H3. The molecule has 0 aliphatic rings. The average Bonchev–Trinajstić information content (AvgIpc) is 3.04. The number of ether oxygens (including phenoxy) is 1. The lowest BCUT2D eigenvalue weighted by Crippen LogP contribution is -2.25. The van der Waals surface area contributed by atoms with Gasteiger partial charge >= 0.3 is 0 Å². The fourth-order valence-electron chi connectivity index (χ4n) is 2.17. The predicted octanol–water partition coefficient (Wildman–Crippen LogP) is 3.69. The molecule has 1 aromatic heterocycles. The van der Waals surface area contributed by atoms with Crippen LogP contribution in [0.5, 0.6) is 0 Å². The van der Waals surface area contributed by atoms with Gasteiger partial charge in [-0.25, -0.2) is 0 Å². The van der Waals surface area contributed by atoms with Gasteiger partial charge in [-0.3, -0.25) is 10.1 Å². The third kappa shape index (κ3) is 5.50. The normalized spacial score (nSPS) is 12.5. The number of nitro benzene ring substituents is 1. The number of hydrogen-bond donors (Lipinski definition) is 1. The minimum Gasteiger partial charge on any atom is -0.468 e. The molecule has 0 spiro atoms. The molecule has 1 heterocycles. The summed E-state index contributed by atoms with van der Waals surface area (Å²) < 4.78 is 11.2. The molecular weight excluding hydrogens is 296 g/mol. The summed E-state index contributed by atoms with van der Waals surface area (Å²) in [4.78, 5) is 10.4. The molecule has 0 aliphatic heterocycles. The van der Waals surface area contributed by atoms with Crippen LogP contribution >= 0.6 is 0 Å². The first-order valence-electron chi connectivity index (χ1n) is 7.64. The second kappa shape index (κ2) is 8.45. The van der Waals surface area contributed by atoms with Crippen LogP contribution in [0.4, 0.5) is 5.69 Å². The van der Waals surface area contributed by atoms with Crippen molar-refractivity contribution in [3.63, 3.8) is 0 Å².